The molecule has 0 aliphatic heterocycles. The summed E-state index contributed by atoms with van der Waals surface area (Å²) in [6.07, 6.45) is 3.29. The van der Waals surface area contributed by atoms with Crippen LogP contribution in [0.3, 0.4) is 0 Å². The lowest BCUT2D eigenvalue weighted by Gasteiger charge is -1.93. The number of nitrogens with zero attached hydrogens (tertiary/aromatic N) is 1. The highest BCUT2D eigenvalue weighted by molar-refractivity contribution is 5.07. The van der Waals surface area contributed by atoms with Crippen molar-refractivity contribution in [3.63, 3.8) is 0 Å². The third kappa shape index (κ3) is 1.79. The number of hydrogen-bond donors (Lipinski definition) is 1. The van der Waals surface area contributed by atoms with E-state index in [4.69, 9.17) is 5.26 Å². The Hall–Kier alpha value is -0.930. The molecule has 3 nitrogen and oxygen atoms in total. The Morgan fingerprint density at radius 2 is 2.11 bits per heavy atom. The molecule has 0 bridgehead atoms. The van der Waals surface area contributed by atoms with Gasteiger partial charge >= 0.3 is 0 Å². The molecule has 48 valence electrons. The smallest absolute Gasteiger partial charge is 0.107 e. The predicted molar refractivity (Wildman–Crippen MR) is 31.7 cm³/mol. The molecule has 0 spiro atoms. The summed E-state index contributed by atoms with van der Waals surface area (Å²) in [5.74, 6) is 0. The average molecular weight is 125 g/mol. The molecule has 1 aromatic rings. The maximum atomic E-state index is 8.00. The summed E-state index contributed by atoms with van der Waals surface area (Å²) in [5, 5.41) is 8.00. The molecule has 3 heteroatoms. The molecule has 0 saturated carbocycles. The van der Waals surface area contributed by atoms with Crippen molar-refractivity contribution < 1.29 is 10.1 Å². The number of hydrogen-bond acceptors (Lipinski definition) is 3. The molecule has 1 heterocycles. The maximum absolute atomic E-state index is 8.00. The van der Waals surface area contributed by atoms with Gasteiger partial charge in [0.05, 0.1) is 0 Å². The fraction of sp³-hybridized carbons (Fsp3) is 0.167. The van der Waals surface area contributed by atoms with E-state index in [2.05, 4.69) is 9.87 Å². The summed E-state index contributed by atoms with van der Waals surface area (Å²) in [7, 11) is 0. The van der Waals surface area contributed by atoms with E-state index < -0.39 is 0 Å². The molecule has 0 radical (unpaired) electrons. The fourth-order valence-corrected chi connectivity index (χ4v) is 0.554. The van der Waals surface area contributed by atoms with E-state index in [1.807, 2.05) is 0 Å². The Kier molecular flexibility index (Phi) is 2.18. The van der Waals surface area contributed by atoms with Gasteiger partial charge < -0.3 is 0 Å². The molecule has 0 unspecified atom stereocenters. The molecule has 0 atom stereocenters. The van der Waals surface area contributed by atoms with Crippen LogP contribution in [0.25, 0.3) is 0 Å². The van der Waals surface area contributed by atoms with Crippen molar-refractivity contribution in [2.24, 2.45) is 0 Å². The van der Waals surface area contributed by atoms with Crippen molar-refractivity contribution >= 4 is 0 Å². The molecule has 0 aliphatic carbocycles. The topological polar surface area (TPSA) is 42.4 Å². The zero-order chi connectivity index (χ0) is 6.53. The first-order valence-corrected chi connectivity index (χ1v) is 2.59. The Balaban J connectivity index is 2.61. The Morgan fingerprint density at radius 1 is 1.44 bits per heavy atom. The first-order valence-electron chi connectivity index (χ1n) is 2.59. The van der Waals surface area contributed by atoms with E-state index in [0.717, 1.165) is 5.56 Å². The zero-order valence-electron chi connectivity index (χ0n) is 4.82. The lowest BCUT2D eigenvalue weighted by Crippen LogP contribution is -1.86. The van der Waals surface area contributed by atoms with Crippen LogP contribution in [0.2, 0.25) is 0 Å². The van der Waals surface area contributed by atoms with E-state index in [-0.39, 0.29) is 6.61 Å². The molecule has 1 aromatic heterocycles. The number of aromatic nitrogens is 1. The molecule has 0 amide bonds. The summed E-state index contributed by atoms with van der Waals surface area (Å²) < 4.78 is 0. The van der Waals surface area contributed by atoms with Gasteiger partial charge in [0.1, 0.15) is 6.61 Å². The van der Waals surface area contributed by atoms with Crippen molar-refractivity contribution in [2.45, 2.75) is 6.61 Å². The minimum atomic E-state index is 0.225. The molecule has 0 fully saturated rings. The summed E-state index contributed by atoms with van der Waals surface area (Å²) in [4.78, 5) is 7.69. The van der Waals surface area contributed by atoms with Crippen molar-refractivity contribution in [2.75, 3.05) is 0 Å². The van der Waals surface area contributed by atoms with Crippen molar-refractivity contribution in [1.29, 1.82) is 0 Å². The molecular weight excluding hydrogens is 118 g/mol. The van der Waals surface area contributed by atoms with Crippen molar-refractivity contribution in [3.05, 3.63) is 30.1 Å². The van der Waals surface area contributed by atoms with Crippen LogP contribution >= 0.6 is 0 Å². The summed E-state index contributed by atoms with van der Waals surface area (Å²) >= 11 is 0. The van der Waals surface area contributed by atoms with Crippen LogP contribution in [0.5, 0.6) is 0 Å². The van der Waals surface area contributed by atoms with Crippen molar-refractivity contribution in [1.82, 2.24) is 4.98 Å². The Bertz CT molecular complexity index is 164. The Labute approximate surface area is 52.9 Å². The minimum Gasteiger partial charge on any atom is -0.265 e. The minimum absolute atomic E-state index is 0.225. The highest BCUT2D eigenvalue weighted by Gasteiger charge is 1.86. The van der Waals surface area contributed by atoms with Crippen LogP contribution in [-0.2, 0) is 11.5 Å². The van der Waals surface area contributed by atoms with Gasteiger partial charge in [-0.25, -0.2) is 4.89 Å². The Morgan fingerprint density at radius 3 is 2.67 bits per heavy atom. The predicted octanol–water partition coefficient (Wildman–Crippen LogP) is 1.07. The molecule has 9 heavy (non-hydrogen) atoms. The van der Waals surface area contributed by atoms with Crippen molar-refractivity contribution in [3.8, 4) is 0 Å². The normalized spacial score (nSPS) is 9.44. The van der Waals surface area contributed by atoms with Gasteiger partial charge in [-0.3, -0.25) is 10.2 Å². The van der Waals surface area contributed by atoms with E-state index in [1.54, 1.807) is 24.5 Å². The molecule has 0 aliphatic rings. The highest BCUT2D eigenvalue weighted by atomic mass is 17.1. The van der Waals surface area contributed by atoms with E-state index in [9.17, 15) is 0 Å². The standard InChI is InChI=1S/C6H7NO2/c8-9-5-6-1-3-7-4-2-6/h1-4,8H,5H2. The van der Waals surface area contributed by atoms with Gasteiger partial charge in [-0.1, -0.05) is 0 Å². The lowest BCUT2D eigenvalue weighted by atomic mass is 10.3. The second-order valence-corrected chi connectivity index (χ2v) is 1.63. The average Bonchev–Trinajstić information content (AvgIpc) is 1.91. The van der Waals surface area contributed by atoms with Crippen LogP contribution < -0.4 is 0 Å². The van der Waals surface area contributed by atoms with Crippen LogP contribution in [-0.4, -0.2) is 10.2 Å². The fourth-order valence-electron chi connectivity index (χ4n) is 0.554. The van der Waals surface area contributed by atoms with Gasteiger partial charge in [-0.05, 0) is 17.7 Å². The van der Waals surface area contributed by atoms with Gasteiger partial charge in [0.2, 0.25) is 0 Å². The third-order valence-corrected chi connectivity index (χ3v) is 0.981. The largest absolute Gasteiger partial charge is 0.265 e. The first kappa shape index (κ1) is 6.19. The van der Waals surface area contributed by atoms with Gasteiger partial charge in [0, 0.05) is 12.4 Å². The maximum Gasteiger partial charge on any atom is 0.107 e. The van der Waals surface area contributed by atoms with Crippen LogP contribution in [0.4, 0.5) is 0 Å². The molecule has 0 aromatic carbocycles. The van der Waals surface area contributed by atoms with Gasteiger partial charge in [-0.15, -0.1) is 0 Å². The number of rotatable bonds is 2. The van der Waals surface area contributed by atoms with E-state index >= 15 is 0 Å². The summed E-state index contributed by atoms with van der Waals surface area (Å²) in [6.45, 7) is 0.225. The molecule has 0 saturated heterocycles. The second kappa shape index (κ2) is 3.17. The first-order chi connectivity index (χ1) is 4.43. The molecule has 1 rings (SSSR count). The monoisotopic (exact) mass is 125 g/mol. The van der Waals surface area contributed by atoms with E-state index in [0.29, 0.717) is 0 Å². The summed E-state index contributed by atoms with van der Waals surface area (Å²) in [6, 6.07) is 3.55. The number of pyridine rings is 1. The van der Waals surface area contributed by atoms with Crippen LogP contribution in [0.1, 0.15) is 5.56 Å². The summed E-state index contributed by atoms with van der Waals surface area (Å²) in [5.41, 5.74) is 0.910. The highest BCUT2D eigenvalue weighted by Crippen LogP contribution is 1.95. The van der Waals surface area contributed by atoms with Gasteiger partial charge in [0.25, 0.3) is 0 Å². The van der Waals surface area contributed by atoms with E-state index in [1.165, 1.54) is 0 Å². The quantitative estimate of drug-likeness (QED) is 0.475. The van der Waals surface area contributed by atoms with Crippen LogP contribution in [0.15, 0.2) is 24.5 Å². The SMILES string of the molecule is OOCc1ccncc1. The van der Waals surface area contributed by atoms with Gasteiger partial charge in [-0.2, -0.15) is 0 Å². The third-order valence-electron chi connectivity index (χ3n) is 0.981. The lowest BCUT2D eigenvalue weighted by molar-refractivity contribution is -0.253. The molecule has 1 N–H and O–H groups in total. The molecular formula is C6H7NO2. The second-order valence-electron chi connectivity index (χ2n) is 1.63. The van der Waals surface area contributed by atoms with Crippen LogP contribution in [0, 0.1) is 0 Å². The zero-order valence-corrected chi connectivity index (χ0v) is 4.82. The van der Waals surface area contributed by atoms with Gasteiger partial charge in [0.15, 0.2) is 0 Å².